The molecule has 1 aliphatic heterocycles. The molecule has 2 aromatic carbocycles. The summed E-state index contributed by atoms with van der Waals surface area (Å²) >= 11 is 0. The average molecular weight is 393 g/mol. The summed E-state index contributed by atoms with van der Waals surface area (Å²) < 4.78 is 13.7. The second-order valence-corrected chi connectivity index (χ2v) is 7.35. The Hall–Kier alpha value is -2.83. The molecule has 1 N–H and O–H groups in total. The van der Waals surface area contributed by atoms with Gasteiger partial charge in [0.15, 0.2) is 11.5 Å². The number of methoxy groups -OCH3 is 1. The second kappa shape index (κ2) is 9.11. The zero-order chi connectivity index (χ0) is 20.1. The molecular weight excluding hydrogens is 364 g/mol. The van der Waals surface area contributed by atoms with Crippen LogP contribution in [0.5, 0.6) is 11.5 Å². The first kappa shape index (κ1) is 19.5. The van der Waals surface area contributed by atoms with Crippen LogP contribution in [0, 0.1) is 0 Å². The number of hydrogen-bond acceptors (Lipinski definition) is 5. The summed E-state index contributed by atoms with van der Waals surface area (Å²) in [5, 5.41) is 3.49. The molecule has 152 valence electrons. The van der Waals surface area contributed by atoms with Crippen LogP contribution in [0.4, 0.5) is 0 Å². The van der Waals surface area contributed by atoms with Crippen molar-refractivity contribution in [1.82, 2.24) is 19.8 Å². The summed E-state index contributed by atoms with van der Waals surface area (Å²) in [6, 6.07) is 16.6. The highest BCUT2D eigenvalue weighted by atomic mass is 16.5. The van der Waals surface area contributed by atoms with Gasteiger partial charge in [0, 0.05) is 45.6 Å². The van der Waals surface area contributed by atoms with Crippen molar-refractivity contribution in [1.29, 1.82) is 0 Å². The average Bonchev–Trinajstić information content (AvgIpc) is 3.19. The molecule has 29 heavy (non-hydrogen) atoms. The van der Waals surface area contributed by atoms with Crippen molar-refractivity contribution in [3.05, 3.63) is 77.9 Å². The molecular formula is C23H28N4O2. The third-order valence-corrected chi connectivity index (χ3v) is 5.36. The third-order valence-electron chi connectivity index (χ3n) is 5.36. The maximum Gasteiger partial charge on any atom is 0.161 e. The quantitative estimate of drug-likeness (QED) is 0.669. The van der Waals surface area contributed by atoms with E-state index in [-0.39, 0.29) is 6.04 Å². The zero-order valence-corrected chi connectivity index (χ0v) is 17.0. The molecule has 1 saturated heterocycles. The summed E-state index contributed by atoms with van der Waals surface area (Å²) in [4.78, 5) is 7.04. The Kier molecular flexibility index (Phi) is 6.12. The van der Waals surface area contributed by atoms with E-state index < -0.39 is 0 Å². The fourth-order valence-electron chi connectivity index (χ4n) is 3.79. The SMILES string of the molecule is COc1cc(CN2CCNCC2c2nccn2C)ccc1OCc1ccccc1. The number of rotatable bonds is 7. The van der Waals surface area contributed by atoms with E-state index in [0.29, 0.717) is 6.61 Å². The number of hydrogen-bond donors (Lipinski definition) is 1. The Bertz CT molecular complexity index is 926. The molecule has 1 unspecified atom stereocenters. The van der Waals surface area contributed by atoms with Crippen LogP contribution in [-0.2, 0) is 20.2 Å². The largest absolute Gasteiger partial charge is 0.493 e. The van der Waals surface area contributed by atoms with Crippen molar-refractivity contribution >= 4 is 0 Å². The molecule has 0 saturated carbocycles. The van der Waals surface area contributed by atoms with Gasteiger partial charge in [-0.05, 0) is 23.3 Å². The van der Waals surface area contributed by atoms with Crippen LogP contribution in [0.3, 0.4) is 0 Å². The van der Waals surface area contributed by atoms with E-state index in [0.717, 1.165) is 49.1 Å². The van der Waals surface area contributed by atoms with Gasteiger partial charge in [-0.2, -0.15) is 0 Å². The van der Waals surface area contributed by atoms with Crippen LogP contribution < -0.4 is 14.8 Å². The van der Waals surface area contributed by atoms with Crippen LogP contribution in [0.15, 0.2) is 60.9 Å². The highest BCUT2D eigenvalue weighted by molar-refractivity contribution is 5.43. The highest BCUT2D eigenvalue weighted by Crippen LogP contribution is 2.31. The molecule has 0 aliphatic carbocycles. The molecule has 0 bridgehead atoms. The van der Waals surface area contributed by atoms with Gasteiger partial charge in [0.25, 0.3) is 0 Å². The van der Waals surface area contributed by atoms with Crippen molar-refractivity contribution in [2.24, 2.45) is 7.05 Å². The number of aryl methyl sites for hydroxylation is 1. The van der Waals surface area contributed by atoms with Crippen LogP contribution in [-0.4, -0.2) is 41.2 Å². The fourth-order valence-corrected chi connectivity index (χ4v) is 3.79. The molecule has 6 heteroatoms. The molecule has 4 rings (SSSR count). The minimum Gasteiger partial charge on any atom is -0.493 e. The first-order valence-electron chi connectivity index (χ1n) is 10.00. The number of aromatic nitrogens is 2. The smallest absolute Gasteiger partial charge is 0.161 e. The van der Waals surface area contributed by atoms with Crippen molar-refractivity contribution < 1.29 is 9.47 Å². The van der Waals surface area contributed by atoms with Gasteiger partial charge in [0.2, 0.25) is 0 Å². The Labute approximate surface area is 172 Å². The number of nitrogens with zero attached hydrogens (tertiary/aromatic N) is 3. The molecule has 1 fully saturated rings. The van der Waals surface area contributed by atoms with Gasteiger partial charge in [-0.1, -0.05) is 36.4 Å². The van der Waals surface area contributed by atoms with E-state index in [2.05, 4.69) is 51.1 Å². The van der Waals surface area contributed by atoms with E-state index in [1.54, 1.807) is 7.11 Å². The van der Waals surface area contributed by atoms with Gasteiger partial charge in [-0.3, -0.25) is 4.90 Å². The zero-order valence-electron chi connectivity index (χ0n) is 17.0. The number of nitrogens with one attached hydrogen (secondary N) is 1. The maximum atomic E-state index is 5.99. The first-order chi connectivity index (χ1) is 14.2. The van der Waals surface area contributed by atoms with Crippen molar-refractivity contribution in [3.63, 3.8) is 0 Å². The molecule has 2 heterocycles. The van der Waals surface area contributed by atoms with E-state index in [9.17, 15) is 0 Å². The van der Waals surface area contributed by atoms with Gasteiger partial charge < -0.3 is 19.4 Å². The summed E-state index contributed by atoms with van der Waals surface area (Å²) in [7, 11) is 3.74. The van der Waals surface area contributed by atoms with Gasteiger partial charge in [-0.15, -0.1) is 0 Å². The predicted molar refractivity (Wildman–Crippen MR) is 113 cm³/mol. The lowest BCUT2D eigenvalue weighted by atomic mass is 10.1. The highest BCUT2D eigenvalue weighted by Gasteiger charge is 2.26. The van der Waals surface area contributed by atoms with Gasteiger partial charge in [0.1, 0.15) is 12.4 Å². The lowest BCUT2D eigenvalue weighted by Crippen LogP contribution is -2.46. The molecule has 1 aromatic heterocycles. The number of imidazole rings is 1. The Balaban J connectivity index is 1.47. The van der Waals surface area contributed by atoms with Crippen LogP contribution >= 0.6 is 0 Å². The number of ether oxygens (including phenoxy) is 2. The minimum absolute atomic E-state index is 0.253. The maximum absolute atomic E-state index is 5.99. The lowest BCUT2D eigenvalue weighted by molar-refractivity contribution is 0.144. The molecule has 3 aromatic rings. The Morgan fingerprint density at radius 1 is 1.10 bits per heavy atom. The summed E-state index contributed by atoms with van der Waals surface area (Å²) in [6.45, 7) is 4.23. The standard InChI is InChI=1S/C23H28N4O2/c1-26-12-11-25-23(26)20-15-24-10-13-27(20)16-19-8-9-21(22(14-19)28-2)29-17-18-6-4-3-5-7-18/h3-9,11-12,14,20,24H,10,13,15-17H2,1-2H3. The van der Waals surface area contributed by atoms with Gasteiger partial charge >= 0.3 is 0 Å². The summed E-state index contributed by atoms with van der Waals surface area (Å²) in [6.07, 6.45) is 3.87. The van der Waals surface area contributed by atoms with Gasteiger partial charge in [-0.25, -0.2) is 4.98 Å². The molecule has 1 aliphatic rings. The topological polar surface area (TPSA) is 51.5 Å². The monoisotopic (exact) mass is 392 g/mol. The summed E-state index contributed by atoms with van der Waals surface area (Å²) in [5.41, 5.74) is 2.34. The first-order valence-corrected chi connectivity index (χ1v) is 10.00. The normalized spacial score (nSPS) is 17.2. The van der Waals surface area contributed by atoms with Crippen molar-refractivity contribution in [2.45, 2.75) is 19.2 Å². The number of piperazine rings is 1. The molecule has 0 amide bonds. The van der Waals surface area contributed by atoms with E-state index in [4.69, 9.17) is 9.47 Å². The van der Waals surface area contributed by atoms with Crippen LogP contribution in [0.25, 0.3) is 0 Å². The predicted octanol–water partition coefficient (Wildman–Crippen LogP) is 3.15. The van der Waals surface area contributed by atoms with E-state index in [1.807, 2.05) is 36.7 Å². The Morgan fingerprint density at radius 3 is 2.72 bits per heavy atom. The van der Waals surface area contributed by atoms with Crippen LogP contribution in [0.2, 0.25) is 0 Å². The van der Waals surface area contributed by atoms with Crippen molar-refractivity contribution in [3.8, 4) is 11.5 Å². The molecule has 0 spiro atoms. The molecule has 6 nitrogen and oxygen atoms in total. The summed E-state index contributed by atoms with van der Waals surface area (Å²) in [5.74, 6) is 2.62. The van der Waals surface area contributed by atoms with Crippen LogP contribution in [0.1, 0.15) is 23.0 Å². The van der Waals surface area contributed by atoms with E-state index >= 15 is 0 Å². The second-order valence-electron chi connectivity index (χ2n) is 7.35. The lowest BCUT2D eigenvalue weighted by Gasteiger charge is -2.35. The fraction of sp³-hybridized carbons (Fsp3) is 0.348. The number of benzene rings is 2. The van der Waals surface area contributed by atoms with Crippen molar-refractivity contribution in [2.75, 3.05) is 26.7 Å². The third kappa shape index (κ3) is 4.60. The Morgan fingerprint density at radius 2 is 1.97 bits per heavy atom. The molecule has 1 atom stereocenters. The van der Waals surface area contributed by atoms with Gasteiger partial charge in [0.05, 0.1) is 13.2 Å². The molecule has 0 radical (unpaired) electrons. The minimum atomic E-state index is 0.253. The van der Waals surface area contributed by atoms with E-state index in [1.165, 1.54) is 5.56 Å².